The average Bonchev–Trinajstić information content (AvgIpc) is 0. The number of hydrogen-bond donors (Lipinski definition) is 0. The van der Waals surface area contributed by atoms with Crippen molar-refractivity contribution >= 4 is 17.4 Å². The molecule has 0 bridgehead atoms. The first-order valence-corrected chi connectivity index (χ1v) is 0. The second kappa shape index (κ2) is 24.1. The number of hydrogen-bond acceptors (Lipinski definition) is 0. The van der Waals surface area contributed by atoms with E-state index >= 15 is 0 Å². The molecular weight excluding hydrogens is 154 g/mol. The molecule has 29 valence electrons. The van der Waals surface area contributed by atoms with Crippen LogP contribution in [0.15, 0.2) is 0 Å². The van der Waals surface area contributed by atoms with Crippen LogP contribution in [-0.2, 0) is 34.1 Å². The molecule has 0 aliphatic heterocycles. The molecule has 0 rings (SSSR count). The van der Waals surface area contributed by atoms with Gasteiger partial charge in [-0.3, -0.25) is 0 Å². The third kappa shape index (κ3) is 9.65. The van der Waals surface area contributed by atoms with Crippen molar-refractivity contribution in [2.75, 3.05) is 0 Å². The van der Waals surface area contributed by atoms with Crippen LogP contribution >= 0.6 is 0 Å². The van der Waals surface area contributed by atoms with Crippen molar-refractivity contribution in [1.82, 2.24) is 0 Å². The molecule has 0 saturated carbocycles. The van der Waals surface area contributed by atoms with Gasteiger partial charge in [0.2, 0.25) is 0 Å². The summed E-state index contributed by atoms with van der Waals surface area (Å²) in [6.45, 7) is 0. The maximum Gasteiger partial charge on any atom is 0.187 e. The molecule has 0 spiro atoms. The van der Waals surface area contributed by atoms with E-state index in [1.807, 2.05) is 0 Å². The largest absolute Gasteiger partial charge is 0.412 e. The quantitative estimate of drug-likeness (QED) is 0.365. The first-order valence-electron chi connectivity index (χ1n) is 0. The van der Waals surface area contributed by atoms with Gasteiger partial charge in [-0.1, -0.05) is 0 Å². The molecule has 0 fully saturated rings. The molecule has 0 aromatic rings. The maximum absolute atomic E-state index is 0. The van der Waals surface area contributed by atoms with E-state index in [2.05, 4.69) is 0 Å². The molecule has 4 heteroatoms. The molecule has 0 amide bonds. The van der Waals surface area contributed by atoms with Crippen LogP contribution in [0.3, 0.4) is 0 Å². The van der Waals surface area contributed by atoms with Gasteiger partial charge in [0.25, 0.3) is 0 Å². The minimum Gasteiger partial charge on any atom is -0.412 e. The van der Waals surface area contributed by atoms with Crippen molar-refractivity contribution in [3.8, 4) is 0 Å². The van der Waals surface area contributed by atoms with Gasteiger partial charge in [0, 0.05) is 34.1 Å². The topological polar surface area (TPSA) is 31.5 Å². The molecule has 4 heavy (non-hydrogen) atoms. The van der Waals surface area contributed by atoms with Gasteiger partial charge in [0.05, 0.1) is 0 Å². The predicted molar refractivity (Wildman–Crippen MR) is 13.6 cm³/mol. The third-order valence-electron chi connectivity index (χ3n) is 0. The standard InChI is InChI=1S/Al.Co.Cr.H2O.3H/h;;;1H2;;;. The molecule has 0 aliphatic carbocycles. The summed E-state index contributed by atoms with van der Waals surface area (Å²) in [5.41, 5.74) is 0. The molecule has 1 radical (unpaired) electrons. The van der Waals surface area contributed by atoms with Crippen molar-refractivity contribution in [3.63, 3.8) is 0 Å². The Bertz CT molecular complexity index is 8.00. The average molecular weight is 159 g/mol. The Kier molecular flexibility index (Phi) is 292. The minimum atomic E-state index is 0. The van der Waals surface area contributed by atoms with Gasteiger partial charge in [-0.2, -0.15) is 0 Å². The van der Waals surface area contributed by atoms with Crippen molar-refractivity contribution in [3.05, 3.63) is 0 Å². The van der Waals surface area contributed by atoms with Gasteiger partial charge >= 0.3 is 0 Å². The summed E-state index contributed by atoms with van der Waals surface area (Å²) in [7, 11) is 0. The van der Waals surface area contributed by atoms with Crippen molar-refractivity contribution < 1.29 is 39.6 Å². The van der Waals surface area contributed by atoms with Crippen LogP contribution in [0.1, 0.15) is 0 Å². The van der Waals surface area contributed by atoms with E-state index in [1.54, 1.807) is 0 Å². The third-order valence-corrected chi connectivity index (χ3v) is 0. The van der Waals surface area contributed by atoms with Crippen molar-refractivity contribution in [2.45, 2.75) is 0 Å². The zero-order valence-electron chi connectivity index (χ0n) is 1.24. The second-order valence-electron chi connectivity index (χ2n) is 0. The van der Waals surface area contributed by atoms with Gasteiger partial charge < -0.3 is 5.48 Å². The van der Waals surface area contributed by atoms with E-state index in [9.17, 15) is 0 Å². The molecule has 0 atom stereocenters. The van der Waals surface area contributed by atoms with Gasteiger partial charge in [-0.25, -0.2) is 0 Å². The van der Waals surface area contributed by atoms with Crippen LogP contribution in [0.5, 0.6) is 0 Å². The molecule has 0 aliphatic rings. The summed E-state index contributed by atoms with van der Waals surface area (Å²) >= 11 is 0. The van der Waals surface area contributed by atoms with Gasteiger partial charge in [0.15, 0.2) is 17.4 Å². The van der Waals surface area contributed by atoms with Gasteiger partial charge in [-0.05, 0) is 0 Å². The molecule has 0 saturated heterocycles. The first kappa shape index (κ1) is 48.4. The van der Waals surface area contributed by atoms with E-state index in [4.69, 9.17) is 0 Å². The van der Waals surface area contributed by atoms with E-state index in [-0.39, 0.29) is 57.0 Å². The summed E-state index contributed by atoms with van der Waals surface area (Å²) in [4.78, 5) is 0. The zero-order valence-corrected chi connectivity index (χ0v) is 3.56. The number of rotatable bonds is 0. The first-order chi connectivity index (χ1) is 0. The smallest absolute Gasteiger partial charge is 0.187 e. The Morgan fingerprint density at radius 2 is 1.00 bits per heavy atom. The molecule has 0 aromatic heterocycles. The van der Waals surface area contributed by atoms with E-state index < -0.39 is 0 Å². The van der Waals surface area contributed by atoms with Crippen LogP contribution in [0.25, 0.3) is 0 Å². The molecule has 0 unspecified atom stereocenters. The van der Waals surface area contributed by atoms with Gasteiger partial charge in [-0.15, -0.1) is 0 Å². The Morgan fingerprint density at radius 1 is 1.00 bits per heavy atom. The SMILES string of the molecule is O.[AlH3].[Co].[Cr]. The Labute approximate surface area is 56.9 Å². The van der Waals surface area contributed by atoms with E-state index in [1.165, 1.54) is 0 Å². The molecule has 1 nitrogen and oxygen atoms in total. The Morgan fingerprint density at radius 3 is 1.00 bits per heavy atom. The van der Waals surface area contributed by atoms with Crippen molar-refractivity contribution in [2.24, 2.45) is 0 Å². The summed E-state index contributed by atoms with van der Waals surface area (Å²) in [5.74, 6) is 0. The van der Waals surface area contributed by atoms with Crippen molar-refractivity contribution in [1.29, 1.82) is 0 Å². The minimum absolute atomic E-state index is 0. The van der Waals surface area contributed by atoms with Crippen LogP contribution in [0.4, 0.5) is 0 Å². The van der Waals surface area contributed by atoms with Crippen LogP contribution in [0, 0.1) is 0 Å². The fraction of sp³-hybridized carbons (Fsp3) is 0. The molecule has 2 N–H and O–H groups in total. The normalized spacial score (nSPS) is 0. The van der Waals surface area contributed by atoms with Crippen LogP contribution < -0.4 is 0 Å². The predicted octanol–water partition coefficient (Wildman–Crippen LogP) is -2.01. The Hall–Kier alpha value is 1.53. The fourth-order valence-electron chi connectivity index (χ4n) is 0. The van der Waals surface area contributed by atoms with E-state index in [0.717, 1.165) is 0 Å². The second-order valence-corrected chi connectivity index (χ2v) is 0. The summed E-state index contributed by atoms with van der Waals surface area (Å²) in [5, 5.41) is 0. The van der Waals surface area contributed by atoms with Gasteiger partial charge in [0.1, 0.15) is 0 Å². The molecule has 0 aromatic carbocycles. The summed E-state index contributed by atoms with van der Waals surface area (Å²) in [6, 6.07) is 0. The van der Waals surface area contributed by atoms with E-state index in [0.29, 0.717) is 0 Å². The monoisotopic (exact) mass is 159 g/mol. The fourth-order valence-corrected chi connectivity index (χ4v) is 0. The zero-order chi connectivity index (χ0) is 0. The molecule has 0 heterocycles. The summed E-state index contributed by atoms with van der Waals surface area (Å²) in [6.07, 6.45) is 0. The summed E-state index contributed by atoms with van der Waals surface area (Å²) < 4.78 is 0. The maximum atomic E-state index is 0. The molecular formula is H5AlCoCrO. The Balaban J connectivity index is 0. The van der Waals surface area contributed by atoms with Crippen LogP contribution in [-0.4, -0.2) is 22.8 Å². The van der Waals surface area contributed by atoms with Crippen LogP contribution in [0.2, 0.25) is 0 Å².